The Hall–Kier alpha value is -0.620. The van der Waals surface area contributed by atoms with Crippen molar-refractivity contribution in [3.8, 4) is 0 Å². The van der Waals surface area contributed by atoms with Crippen LogP contribution in [-0.4, -0.2) is 45.6 Å². The molecule has 0 aliphatic carbocycles. The summed E-state index contributed by atoms with van der Waals surface area (Å²) in [6.07, 6.45) is 0.510. The summed E-state index contributed by atoms with van der Waals surface area (Å²) in [4.78, 5) is 11.4. The van der Waals surface area contributed by atoms with Crippen molar-refractivity contribution in [2.45, 2.75) is 33.2 Å². The highest BCUT2D eigenvalue weighted by atomic mass is 32.2. The normalized spacial score (nSPS) is 13.7. The van der Waals surface area contributed by atoms with Crippen molar-refractivity contribution in [1.29, 1.82) is 0 Å². The van der Waals surface area contributed by atoms with Gasteiger partial charge in [0.2, 0.25) is 0 Å². The second-order valence-corrected chi connectivity index (χ2v) is 6.76. The van der Waals surface area contributed by atoms with Crippen LogP contribution < -0.4 is 5.32 Å². The van der Waals surface area contributed by atoms with Gasteiger partial charge in [-0.15, -0.1) is 0 Å². The first-order valence-electron chi connectivity index (χ1n) is 5.85. The molecule has 0 aromatic carbocycles. The first-order valence-corrected chi connectivity index (χ1v) is 7.67. The highest BCUT2D eigenvalue weighted by molar-refractivity contribution is 7.91. The molecule has 0 saturated heterocycles. The summed E-state index contributed by atoms with van der Waals surface area (Å²) in [5, 5.41) is 3.03. The standard InChI is InChI=1S/C11H23NO4S/c1-5-17(14,15)8-6-7-12-10(9(2)3)11(13)16-4/h9-10,12H,5-8H2,1-4H3. The minimum absolute atomic E-state index is 0.116. The maximum atomic E-state index is 11.4. The molecule has 102 valence electrons. The number of hydrogen-bond acceptors (Lipinski definition) is 5. The maximum absolute atomic E-state index is 11.4. The van der Waals surface area contributed by atoms with Crippen LogP contribution in [0.25, 0.3) is 0 Å². The third-order valence-electron chi connectivity index (χ3n) is 2.56. The smallest absolute Gasteiger partial charge is 0.323 e. The van der Waals surface area contributed by atoms with E-state index in [1.54, 1.807) is 6.92 Å². The molecule has 0 aromatic rings. The molecule has 17 heavy (non-hydrogen) atoms. The molecular formula is C11H23NO4S. The number of hydrogen-bond donors (Lipinski definition) is 1. The molecule has 1 atom stereocenters. The molecule has 0 fully saturated rings. The van der Waals surface area contributed by atoms with Gasteiger partial charge in [-0.25, -0.2) is 8.42 Å². The molecule has 0 amide bonds. The van der Waals surface area contributed by atoms with E-state index < -0.39 is 9.84 Å². The predicted molar refractivity (Wildman–Crippen MR) is 67.6 cm³/mol. The fraction of sp³-hybridized carbons (Fsp3) is 0.909. The summed E-state index contributed by atoms with van der Waals surface area (Å²) in [6, 6.07) is -0.371. The SMILES string of the molecule is CCS(=O)(=O)CCCNC(C(=O)OC)C(C)C. The zero-order valence-corrected chi connectivity index (χ0v) is 11.8. The van der Waals surface area contributed by atoms with Gasteiger partial charge < -0.3 is 10.1 Å². The van der Waals surface area contributed by atoms with Gasteiger partial charge in [-0.3, -0.25) is 4.79 Å². The Kier molecular flexibility index (Phi) is 7.38. The van der Waals surface area contributed by atoms with Crippen LogP contribution in [-0.2, 0) is 19.4 Å². The molecule has 0 radical (unpaired) electrons. The first kappa shape index (κ1) is 16.4. The minimum atomic E-state index is -2.92. The summed E-state index contributed by atoms with van der Waals surface area (Å²) in [6.45, 7) is 5.96. The lowest BCUT2D eigenvalue weighted by Crippen LogP contribution is -2.42. The highest BCUT2D eigenvalue weighted by Crippen LogP contribution is 2.03. The molecular weight excluding hydrogens is 242 g/mol. The summed E-state index contributed by atoms with van der Waals surface area (Å²) in [5.74, 6) is 0.128. The Balaban J connectivity index is 4.04. The number of carbonyl (C=O) groups excluding carboxylic acids is 1. The quantitative estimate of drug-likeness (QED) is 0.514. The maximum Gasteiger partial charge on any atom is 0.323 e. The Morgan fingerprint density at radius 3 is 2.35 bits per heavy atom. The monoisotopic (exact) mass is 265 g/mol. The van der Waals surface area contributed by atoms with E-state index in [1.165, 1.54) is 7.11 Å². The van der Waals surface area contributed by atoms with E-state index in [4.69, 9.17) is 0 Å². The van der Waals surface area contributed by atoms with Crippen LogP contribution in [0, 0.1) is 5.92 Å². The molecule has 0 bridgehead atoms. The van der Waals surface area contributed by atoms with Crippen molar-refractivity contribution >= 4 is 15.8 Å². The van der Waals surface area contributed by atoms with E-state index in [2.05, 4.69) is 10.1 Å². The van der Waals surface area contributed by atoms with E-state index in [0.717, 1.165) is 0 Å². The predicted octanol–water partition coefficient (Wildman–Crippen LogP) is 0.598. The number of ether oxygens (including phenoxy) is 1. The Bertz CT molecular complexity index is 324. The number of sulfone groups is 1. The molecule has 0 spiro atoms. The van der Waals surface area contributed by atoms with E-state index in [9.17, 15) is 13.2 Å². The Morgan fingerprint density at radius 2 is 1.94 bits per heavy atom. The largest absolute Gasteiger partial charge is 0.468 e. The fourth-order valence-electron chi connectivity index (χ4n) is 1.41. The molecule has 1 N–H and O–H groups in total. The van der Waals surface area contributed by atoms with E-state index in [1.807, 2.05) is 13.8 Å². The van der Waals surface area contributed by atoms with Gasteiger partial charge in [0, 0.05) is 5.75 Å². The van der Waals surface area contributed by atoms with Crippen LogP contribution >= 0.6 is 0 Å². The second kappa shape index (κ2) is 7.66. The molecule has 5 nitrogen and oxygen atoms in total. The first-order chi connectivity index (χ1) is 7.84. The zero-order chi connectivity index (χ0) is 13.5. The highest BCUT2D eigenvalue weighted by Gasteiger charge is 2.21. The number of esters is 1. The van der Waals surface area contributed by atoms with Gasteiger partial charge in [-0.1, -0.05) is 20.8 Å². The van der Waals surface area contributed by atoms with Crippen molar-refractivity contribution in [2.24, 2.45) is 5.92 Å². The average molecular weight is 265 g/mol. The lowest BCUT2D eigenvalue weighted by Gasteiger charge is -2.19. The summed E-state index contributed by atoms with van der Waals surface area (Å²) in [7, 11) is -1.57. The summed E-state index contributed by atoms with van der Waals surface area (Å²) in [5.41, 5.74) is 0. The van der Waals surface area contributed by atoms with Crippen LogP contribution in [0.4, 0.5) is 0 Å². The van der Waals surface area contributed by atoms with Gasteiger partial charge in [0.1, 0.15) is 15.9 Å². The third-order valence-corrected chi connectivity index (χ3v) is 4.35. The number of nitrogens with one attached hydrogen (secondary N) is 1. The van der Waals surface area contributed by atoms with Gasteiger partial charge >= 0.3 is 5.97 Å². The molecule has 0 aliphatic heterocycles. The van der Waals surface area contributed by atoms with Crippen molar-refractivity contribution in [2.75, 3.05) is 25.2 Å². The van der Waals surface area contributed by atoms with Gasteiger partial charge in [-0.05, 0) is 18.9 Å². The molecule has 0 saturated carbocycles. The molecule has 0 heterocycles. The van der Waals surface area contributed by atoms with Crippen LogP contribution in [0.15, 0.2) is 0 Å². The topological polar surface area (TPSA) is 72.5 Å². The van der Waals surface area contributed by atoms with Gasteiger partial charge in [0.05, 0.1) is 12.9 Å². The van der Waals surface area contributed by atoms with Crippen LogP contribution in [0.3, 0.4) is 0 Å². The Morgan fingerprint density at radius 1 is 1.35 bits per heavy atom. The molecule has 0 rings (SSSR count). The number of carbonyl (C=O) groups is 1. The lowest BCUT2D eigenvalue weighted by molar-refractivity contribution is -0.144. The van der Waals surface area contributed by atoms with Crippen LogP contribution in [0.2, 0.25) is 0 Å². The van der Waals surface area contributed by atoms with E-state index in [-0.39, 0.29) is 29.4 Å². The van der Waals surface area contributed by atoms with Gasteiger partial charge in [0.15, 0.2) is 0 Å². The third kappa shape index (κ3) is 6.63. The lowest BCUT2D eigenvalue weighted by atomic mass is 10.0. The van der Waals surface area contributed by atoms with Crippen molar-refractivity contribution < 1.29 is 17.9 Å². The number of methoxy groups -OCH3 is 1. The molecule has 0 aromatic heterocycles. The minimum Gasteiger partial charge on any atom is -0.468 e. The van der Waals surface area contributed by atoms with Crippen LogP contribution in [0.1, 0.15) is 27.2 Å². The van der Waals surface area contributed by atoms with Crippen molar-refractivity contribution in [3.63, 3.8) is 0 Å². The van der Waals surface area contributed by atoms with Crippen molar-refractivity contribution in [1.82, 2.24) is 5.32 Å². The fourth-order valence-corrected chi connectivity index (χ4v) is 2.28. The van der Waals surface area contributed by atoms with Crippen molar-refractivity contribution in [3.05, 3.63) is 0 Å². The van der Waals surface area contributed by atoms with Gasteiger partial charge in [-0.2, -0.15) is 0 Å². The molecule has 6 heteroatoms. The Labute approximate surface area is 104 Å². The zero-order valence-electron chi connectivity index (χ0n) is 11.0. The summed E-state index contributed by atoms with van der Waals surface area (Å²) >= 11 is 0. The van der Waals surface area contributed by atoms with E-state index >= 15 is 0 Å². The molecule has 0 aliphatic rings. The van der Waals surface area contributed by atoms with Gasteiger partial charge in [0.25, 0.3) is 0 Å². The van der Waals surface area contributed by atoms with E-state index in [0.29, 0.717) is 13.0 Å². The summed E-state index contributed by atoms with van der Waals surface area (Å²) < 4.78 is 27.2. The molecule has 1 unspecified atom stereocenters. The number of rotatable bonds is 8. The second-order valence-electron chi connectivity index (χ2n) is 4.29. The van der Waals surface area contributed by atoms with Crippen LogP contribution in [0.5, 0.6) is 0 Å². The average Bonchev–Trinajstić information content (AvgIpc) is 2.27.